The molecule has 2 aromatic rings. The molecule has 0 aliphatic rings. The molecule has 0 saturated heterocycles. The Labute approximate surface area is 147 Å². The highest BCUT2D eigenvalue weighted by atomic mass is 16.5. The lowest BCUT2D eigenvalue weighted by molar-refractivity contribution is 0.111. The van der Waals surface area contributed by atoms with E-state index in [1.807, 2.05) is 32.0 Å². The Morgan fingerprint density at radius 2 is 1.92 bits per heavy atom. The number of aliphatic hydroxyl groups excluding tert-OH is 1. The minimum Gasteiger partial charge on any atom is -0.504 e. The van der Waals surface area contributed by atoms with Gasteiger partial charge in [-0.15, -0.1) is 0 Å². The molecular weight excluding hydrogens is 322 g/mol. The summed E-state index contributed by atoms with van der Waals surface area (Å²) in [7, 11) is 1.41. The Kier molecular flexibility index (Phi) is 6.25. The van der Waals surface area contributed by atoms with Gasteiger partial charge in [0.2, 0.25) is 0 Å². The van der Waals surface area contributed by atoms with Crippen LogP contribution in [0.4, 0.5) is 5.69 Å². The molecule has 1 atom stereocenters. The molecule has 3 N–H and O–H groups in total. The first-order chi connectivity index (χ1) is 12.0. The third-order valence-electron chi connectivity index (χ3n) is 3.81. The van der Waals surface area contributed by atoms with Crippen molar-refractivity contribution in [3.63, 3.8) is 0 Å². The van der Waals surface area contributed by atoms with Crippen molar-refractivity contribution in [2.24, 2.45) is 0 Å². The number of aliphatic hydroxyl groups is 1. The topological polar surface area (TPSA) is 88.0 Å². The van der Waals surface area contributed by atoms with Gasteiger partial charge in [-0.2, -0.15) is 0 Å². The average Bonchev–Trinajstić information content (AvgIpc) is 2.59. The largest absolute Gasteiger partial charge is 0.504 e. The molecule has 2 rings (SSSR count). The van der Waals surface area contributed by atoms with Gasteiger partial charge in [0.15, 0.2) is 17.8 Å². The van der Waals surface area contributed by atoms with Crippen molar-refractivity contribution in [2.75, 3.05) is 25.6 Å². The van der Waals surface area contributed by atoms with Crippen LogP contribution < -0.4 is 14.8 Å². The number of carbonyl (C=O) groups excluding carboxylic acids is 1. The molecule has 2 aromatic carbocycles. The van der Waals surface area contributed by atoms with E-state index < -0.39 is 6.10 Å². The zero-order valence-corrected chi connectivity index (χ0v) is 14.6. The summed E-state index contributed by atoms with van der Waals surface area (Å²) in [6, 6.07) is 8.99. The van der Waals surface area contributed by atoms with Crippen LogP contribution >= 0.6 is 0 Å². The van der Waals surface area contributed by atoms with Crippen molar-refractivity contribution >= 4 is 12.0 Å². The Hall–Kier alpha value is -2.73. The maximum Gasteiger partial charge on any atom is 0.170 e. The molecule has 0 unspecified atom stereocenters. The molecule has 0 heterocycles. The molecule has 0 bridgehead atoms. The smallest absolute Gasteiger partial charge is 0.170 e. The fraction of sp³-hybridized carbons (Fsp3) is 0.316. The fourth-order valence-electron chi connectivity index (χ4n) is 2.46. The number of nitrogens with one attached hydrogen (secondary N) is 1. The summed E-state index contributed by atoms with van der Waals surface area (Å²) in [4.78, 5) is 11.2. The molecule has 0 aliphatic carbocycles. The fourth-order valence-corrected chi connectivity index (χ4v) is 2.46. The van der Waals surface area contributed by atoms with Gasteiger partial charge in [0.1, 0.15) is 18.5 Å². The van der Waals surface area contributed by atoms with E-state index in [9.17, 15) is 15.0 Å². The maximum atomic E-state index is 11.2. The summed E-state index contributed by atoms with van der Waals surface area (Å²) < 4.78 is 10.6. The zero-order chi connectivity index (χ0) is 18.4. The Morgan fingerprint density at radius 3 is 2.56 bits per heavy atom. The lowest BCUT2D eigenvalue weighted by Crippen LogP contribution is -2.26. The van der Waals surface area contributed by atoms with Crippen molar-refractivity contribution in [3.8, 4) is 17.2 Å². The van der Waals surface area contributed by atoms with E-state index >= 15 is 0 Å². The molecule has 6 nitrogen and oxygen atoms in total. The number of hydrogen-bond donors (Lipinski definition) is 3. The van der Waals surface area contributed by atoms with Gasteiger partial charge in [0, 0.05) is 12.2 Å². The monoisotopic (exact) mass is 345 g/mol. The molecule has 0 saturated carbocycles. The molecule has 6 heteroatoms. The molecule has 0 amide bonds. The SMILES string of the molecule is COc1ccc(NC[C@@H](O)COc2ccc(C)cc2C)c(C=O)c1O. The summed E-state index contributed by atoms with van der Waals surface area (Å²) in [5.74, 6) is 0.704. The van der Waals surface area contributed by atoms with Crippen LogP contribution in [0, 0.1) is 13.8 Å². The predicted molar refractivity (Wildman–Crippen MR) is 96.0 cm³/mol. The summed E-state index contributed by atoms with van der Waals surface area (Å²) in [6.07, 6.45) is -0.247. The van der Waals surface area contributed by atoms with Crippen LogP contribution in [-0.4, -0.2) is 42.9 Å². The molecule has 134 valence electrons. The van der Waals surface area contributed by atoms with Crippen LogP contribution in [0.3, 0.4) is 0 Å². The summed E-state index contributed by atoms with van der Waals surface area (Å²) in [6.45, 7) is 4.22. The second kappa shape index (κ2) is 8.39. The quantitative estimate of drug-likeness (QED) is 0.638. The standard InChI is InChI=1S/C19H23NO5/c1-12-4-6-17(13(2)8-12)25-11-14(22)9-20-16-5-7-18(24-3)19(23)15(16)10-21/h4-8,10,14,20,22-23H,9,11H2,1-3H3/t14-/m1/s1. The number of aromatic hydroxyl groups is 1. The van der Waals surface area contributed by atoms with E-state index in [-0.39, 0.29) is 30.2 Å². The number of aryl methyl sites for hydroxylation is 2. The van der Waals surface area contributed by atoms with E-state index in [2.05, 4.69) is 5.32 Å². The molecule has 0 aliphatic heterocycles. The molecule has 0 spiro atoms. The van der Waals surface area contributed by atoms with Gasteiger partial charge in [-0.25, -0.2) is 0 Å². The third kappa shape index (κ3) is 4.64. The minimum atomic E-state index is -0.788. The first-order valence-corrected chi connectivity index (χ1v) is 7.93. The van der Waals surface area contributed by atoms with E-state index in [0.717, 1.165) is 16.9 Å². The third-order valence-corrected chi connectivity index (χ3v) is 3.81. The van der Waals surface area contributed by atoms with Gasteiger partial charge in [0.25, 0.3) is 0 Å². The number of benzene rings is 2. The summed E-state index contributed by atoms with van der Waals surface area (Å²) >= 11 is 0. The van der Waals surface area contributed by atoms with Crippen LogP contribution in [0.2, 0.25) is 0 Å². The van der Waals surface area contributed by atoms with E-state index in [1.165, 1.54) is 7.11 Å². The average molecular weight is 345 g/mol. The minimum absolute atomic E-state index is 0.0850. The Morgan fingerprint density at radius 1 is 1.20 bits per heavy atom. The van der Waals surface area contributed by atoms with Gasteiger partial charge >= 0.3 is 0 Å². The number of methoxy groups -OCH3 is 1. The van der Waals surface area contributed by atoms with Crippen molar-refractivity contribution < 1.29 is 24.5 Å². The lowest BCUT2D eigenvalue weighted by atomic mass is 10.1. The maximum absolute atomic E-state index is 11.2. The van der Waals surface area contributed by atoms with Crippen molar-refractivity contribution in [2.45, 2.75) is 20.0 Å². The predicted octanol–water partition coefficient (Wildman–Crippen LogP) is 2.68. The lowest BCUT2D eigenvalue weighted by Gasteiger charge is -2.17. The van der Waals surface area contributed by atoms with Crippen LogP contribution in [0.5, 0.6) is 17.2 Å². The van der Waals surface area contributed by atoms with Gasteiger partial charge < -0.3 is 25.0 Å². The number of anilines is 1. The summed E-state index contributed by atoms with van der Waals surface area (Å²) in [5, 5.41) is 23.0. The molecular formula is C19H23NO5. The van der Waals surface area contributed by atoms with Gasteiger partial charge in [-0.05, 0) is 37.6 Å². The highest BCUT2D eigenvalue weighted by Gasteiger charge is 2.14. The highest BCUT2D eigenvalue weighted by molar-refractivity contribution is 5.89. The molecule has 0 radical (unpaired) electrons. The van der Waals surface area contributed by atoms with Crippen LogP contribution in [0.25, 0.3) is 0 Å². The molecule has 0 aromatic heterocycles. The van der Waals surface area contributed by atoms with E-state index in [4.69, 9.17) is 9.47 Å². The zero-order valence-electron chi connectivity index (χ0n) is 14.6. The Bertz CT molecular complexity index is 745. The second-order valence-corrected chi connectivity index (χ2v) is 5.81. The first kappa shape index (κ1) is 18.6. The molecule has 0 fully saturated rings. The second-order valence-electron chi connectivity index (χ2n) is 5.81. The van der Waals surface area contributed by atoms with E-state index in [1.54, 1.807) is 12.1 Å². The highest BCUT2D eigenvalue weighted by Crippen LogP contribution is 2.33. The number of carbonyl (C=O) groups is 1. The number of hydrogen-bond acceptors (Lipinski definition) is 6. The van der Waals surface area contributed by atoms with Crippen LogP contribution in [0.15, 0.2) is 30.3 Å². The van der Waals surface area contributed by atoms with Gasteiger partial charge in [-0.3, -0.25) is 4.79 Å². The normalized spacial score (nSPS) is 11.7. The summed E-state index contributed by atoms with van der Waals surface area (Å²) in [5.41, 5.74) is 2.65. The van der Waals surface area contributed by atoms with Crippen molar-refractivity contribution in [1.29, 1.82) is 0 Å². The van der Waals surface area contributed by atoms with Gasteiger partial charge in [0.05, 0.1) is 12.7 Å². The number of phenolic OH excluding ortho intramolecular Hbond substituents is 1. The number of rotatable bonds is 8. The Balaban J connectivity index is 1.95. The number of ether oxygens (including phenoxy) is 2. The van der Waals surface area contributed by atoms with Gasteiger partial charge in [-0.1, -0.05) is 17.7 Å². The molecule has 25 heavy (non-hydrogen) atoms. The first-order valence-electron chi connectivity index (χ1n) is 7.93. The number of aldehydes is 1. The van der Waals surface area contributed by atoms with Crippen molar-refractivity contribution in [1.82, 2.24) is 0 Å². The van der Waals surface area contributed by atoms with Crippen LogP contribution in [-0.2, 0) is 0 Å². The number of phenols is 1. The van der Waals surface area contributed by atoms with Crippen molar-refractivity contribution in [3.05, 3.63) is 47.0 Å². The van der Waals surface area contributed by atoms with E-state index in [0.29, 0.717) is 12.0 Å². The van der Waals surface area contributed by atoms with Crippen LogP contribution in [0.1, 0.15) is 21.5 Å².